The molecular formula is C9H12N2O3. The largest absolute Gasteiger partial charge is 0.328 e. The first-order chi connectivity index (χ1) is 6.65. The predicted molar refractivity (Wildman–Crippen MR) is 49.2 cm³/mol. The summed E-state index contributed by atoms with van der Waals surface area (Å²) in [6.07, 6.45) is 5.04. The fraction of sp³-hybridized carbons (Fsp3) is 0.444. The van der Waals surface area contributed by atoms with Crippen molar-refractivity contribution in [3.8, 4) is 0 Å². The number of nitrogens with one attached hydrogen (secondary N) is 2. The Kier molecular flexibility index (Phi) is 3.39. The van der Waals surface area contributed by atoms with Crippen LogP contribution in [0, 0.1) is 5.92 Å². The van der Waals surface area contributed by atoms with Crippen molar-refractivity contribution < 1.29 is 14.4 Å². The lowest BCUT2D eigenvalue weighted by atomic mass is 10.1. The molecule has 1 heterocycles. The number of unbranched alkanes of at least 4 members (excludes halogenated alkanes) is 1. The second-order valence-corrected chi connectivity index (χ2v) is 3.00. The molecule has 1 fully saturated rings. The highest BCUT2D eigenvalue weighted by Crippen LogP contribution is 2.05. The van der Waals surface area contributed by atoms with Crippen LogP contribution in [0.15, 0.2) is 12.2 Å². The van der Waals surface area contributed by atoms with Crippen molar-refractivity contribution in [2.75, 3.05) is 0 Å². The molecule has 1 rings (SSSR count). The normalized spacial score (nSPS) is 18.5. The molecule has 0 aromatic heterocycles. The molecule has 1 aliphatic heterocycles. The standard InChI is InChI=1S/C9H12N2O3/c1-2-3-4-5-6-7(12)10-9(14)11-8(6)13/h4-6H,2-3H2,1H3,(H2,10,11,12,13,14). The molecule has 1 aliphatic rings. The van der Waals surface area contributed by atoms with E-state index in [1.54, 1.807) is 6.08 Å². The van der Waals surface area contributed by atoms with Crippen molar-refractivity contribution in [3.05, 3.63) is 12.2 Å². The van der Waals surface area contributed by atoms with Gasteiger partial charge in [-0.1, -0.05) is 25.5 Å². The Labute approximate surface area is 81.5 Å². The van der Waals surface area contributed by atoms with Gasteiger partial charge in [-0.05, 0) is 6.42 Å². The Morgan fingerprint density at radius 3 is 2.29 bits per heavy atom. The summed E-state index contributed by atoms with van der Waals surface area (Å²) in [7, 11) is 0. The van der Waals surface area contributed by atoms with E-state index in [0.29, 0.717) is 0 Å². The minimum atomic E-state index is -0.876. The van der Waals surface area contributed by atoms with Crippen LogP contribution in [0.3, 0.4) is 0 Å². The third-order valence-electron chi connectivity index (χ3n) is 1.82. The van der Waals surface area contributed by atoms with Gasteiger partial charge < -0.3 is 0 Å². The molecule has 0 saturated carbocycles. The van der Waals surface area contributed by atoms with Gasteiger partial charge >= 0.3 is 6.03 Å². The Balaban J connectivity index is 2.63. The summed E-state index contributed by atoms with van der Waals surface area (Å²) in [6.45, 7) is 1.99. The van der Waals surface area contributed by atoms with E-state index in [-0.39, 0.29) is 0 Å². The number of rotatable bonds is 3. The van der Waals surface area contributed by atoms with Crippen LogP contribution in [0.1, 0.15) is 19.8 Å². The maximum absolute atomic E-state index is 11.2. The summed E-state index contributed by atoms with van der Waals surface area (Å²) in [5.41, 5.74) is 0. The van der Waals surface area contributed by atoms with Gasteiger partial charge in [0.15, 0.2) is 0 Å². The molecule has 0 atom stereocenters. The number of hydrogen-bond acceptors (Lipinski definition) is 3. The van der Waals surface area contributed by atoms with Crippen LogP contribution in [-0.2, 0) is 9.59 Å². The maximum atomic E-state index is 11.2. The van der Waals surface area contributed by atoms with Gasteiger partial charge in [-0.15, -0.1) is 0 Å². The lowest BCUT2D eigenvalue weighted by molar-refractivity contribution is -0.133. The number of hydrogen-bond donors (Lipinski definition) is 2. The zero-order chi connectivity index (χ0) is 10.6. The number of barbiturate groups is 1. The molecule has 0 radical (unpaired) electrons. The van der Waals surface area contributed by atoms with Crippen molar-refractivity contribution in [1.29, 1.82) is 0 Å². The number of allylic oxidation sites excluding steroid dienone is 1. The van der Waals surface area contributed by atoms with Crippen LogP contribution in [0.2, 0.25) is 0 Å². The lowest BCUT2D eigenvalue weighted by Crippen LogP contribution is -2.55. The molecule has 0 spiro atoms. The smallest absolute Gasteiger partial charge is 0.277 e. The molecule has 76 valence electrons. The molecule has 0 unspecified atom stereocenters. The van der Waals surface area contributed by atoms with Gasteiger partial charge in [0.1, 0.15) is 5.92 Å². The summed E-state index contributed by atoms with van der Waals surface area (Å²) >= 11 is 0. The monoisotopic (exact) mass is 196 g/mol. The molecule has 2 N–H and O–H groups in total. The summed E-state index contributed by atoms with van der Waals surface area (Å²) in [4.78, 5) is 33.0. The Morgan fingerprint density at radius 2 is 1.79 bits per heavy atom. The van der Waals surface area contributed by atoms with Crippen LogP contribution in [0.5, 0.6) is 0 Å². The average molecular weight is 196 g/mol. The molecule has 14 heavy (non-hydrogen) atoms. The van der Waals surface area contributed by atoms with Crippen LogP contribution >= 0.6 is 0 Å². The van der Waals surface area contributed by atoms with Gasteiger partial charge in [0.2, 0.25) is 11.8 Å². The van der Waals surface area contributed by atoms with E-state index in [0.717, 1.165) is 12.8 Å². The molecule has 0 aromatic rings. The zero-order valence-corrected chi connectivity index (χ0v) is 7.87. The topological polar surface area (TPSA) is 75.3 Å². The zero-order valence-electron chi connectivity index (χ0n) is 7.87. The first kappa shape index (κ1) is 10.4. The van der Waals surface area contributed by atoms with Crippen molar-refractivity contribution in [2.24, 2.45) is 5.92 Å². The molecule has 0 aliphatic carbocycles. The summed E-state index contributed by atoms with van der Waals surface area (Å²) < 4.78 is 0. The number of carbonyl (C=O) groups excluding carboxylic acids is 3. The van der Waals surface area contributed by atoms with Crippen LogP contribution in [0.25, 0.3) is 0 Å². The Hall–Kier alpha value is -1.65. The second-order valence-electron chi connectivity index (χ2n) is 3.00. The van der Waals surface area contributed by atoms with Crippen molar-refractivity contribution in [3.63, 3.8) is 0 Å². The predicted octanol–water partition coefficient (Wildman–Crippen LogP) is 0.325. The van der Waals surface area contributed by atoms with Crippen molar-refractivity contribution in [2.45, 2.75) is 19.8 Å². The first-order valence-corrected chi connectivity index (χ1v) is 4.47. The van der Waals surface area contributed by atoms with E-state index in [2.05, 4.69) is 0 Å². The van der Waals surface area contributed by atoms with Gasteiger partial charge in [0, 0.05) is 0 Å². The Morgan fingerprint density at radius 1 is 1.21 bits per heavy atom. The molecule has 5 nitrogen and oxygen atoms in total. The highest BCUT2D eigenvalue weighted by molar-refractivity contribution is 6.17. The van der Waals surface area contributed by atoms with Gasteiger partial charge in [0.25, 0.3) is 0 Å². The number of imide groups is 2. The second kappa shape index (κ2) is 4.55. The minimum absolute atomic E-state index is 0.564. The summed E-state index contributed by atoms with van der Waals surface area (Å²) in [5, 5.41) is 4.05. The van der Waals surface area contributed by atoms with E-state index >= 15 is 0 Å². The molecule has 5 heteroatoms. The van der Waals surface area contributed by atoms with E-state index < -0.39 is 23.8 Å². The average Bonchev–Trinajstić information content (AvgIpc) is 2.09. The fourth-order valence-electron chi connectivity index (χ4n) is 1.10. The first-order valence-electron chi connectivity index (χ1n) is 4.47. The number of urea groups is 1. The SMILES string of the molecule is CCCC=CC1C(=O)NC(=O)NC1=O. The lowest BCUT2D eigenvalue weighted by Gasteiger charge is -2.17. The number of carbonyl (C=O) groups is 3. The molecule has 0 bridgehead atoms. The van der Waals surface area contributed by atoms with Gasteiger partial charge in [0.05, 0.1) is 0 Å². The molecule has 1 saturated heterocycles. The van der Waals surface area contributed by atoms with Gasteiger partial charge in [-0.2, -0.15) is 0 Å². The molecule has 4 amide bonds. The van der Waals surface area contributed by atoms with Crippen LogP contribution in [-0.4, -0.2) is 17.8 Å². The highest BCUT2D eigenvalue weighted by Gasteiger charge is 2.31. The van der Waals surface area contributed by atoms with E-state index in [9.17, 15) is 14.4 Å². The van der Waals surface area contributed by atoms with Crippen LogP contribution < -0.4 is 10.6 Å². The Bertz CT molecular complexity index is 276. The maximum Gasteiger partial charge on any atom is 0.328 e. The molecule has 0 aromatic carbocycles. The number of amides is 4. The quantitative estimate of drug-likeness (QED) is 0.504. The van der Waals surface area contributed by atoms with Crippen molar-refractivity contribution >= 4 is 17.8 Å². The fourth-order valence-corrected chi connectivity index (χ4v) is 1.10. The van der Waals surface area contributed by atoms with Crippen molar-refractivity contribution in [1.82, 2.24) is 10.6 Å². The van der Waals surface area contributed by atoms with Gasteiger partial charge in [-0.3, -0.25) is 20.2 Å². The van der Waals surface area contributed by atoms with Crippen LogP contribution in [0.4, 0.5) is 4.79 Å². The van der Waals surface area contributed by atoms with E-state index in [4.69, 9.17) is 0 Å². The van der Waals surface area contributed by atoms with E-state index in [1.165, 1.54) is 6.08 Å². The van der Waals surface area contributed by atoms with Gasteiger partial charge in [-0.25, -0.2) is 4.79 Å². The third-order valence-corrected chi connectivity index (χ3v) is 1.82. The minimum Gasteiger partial charge on any atom is -0.277 e. The van der Waals surface area contributed by atoms with E-state index in [1.807, 2.05) is 17.6 Å². The summed E-state index contributed by atoms with van der Waals surface area (Å²) in [5.74, 6) is -2.00. The molecular weight excluding hydrogens is 184 g/mol. The highest BCUT2D eigenvalue weighted by atomic mass is 16.2. The summed E-state index contributed by atoms with van der Waals surface area (Å²) in [6, 6.07) is -0.750. The third kappa shape index (κ3) is 2.42.